The van der Waals surface area contributed by atoms with Crippen LogP contribution in [0.2, 0.25) is 0 Å². The van der Waals surface area contributed by atoms with E-state index >= 15 is 0 Å². The summed E-state index contributed by atoms with van der Waals surface area (Å²) < 4.78 is 0. The number of unbranched alkanes of at least 4 members (excludes halogenated alkanes) is 3. The van der Waals surface area contributed by atoms with Gasteiger partial charge in [0.25, 0.3) is 0 Å². The Balaban J connectivity index is 1.62. The highest BCUT2D eigenvalue weighted by Crippen LogP contribution is 2.36. The zero-order valence-electron chi connectivity index (χ0n) is 11.9. The maximum Gasteiger partial charge on any atom is 0.00787 e. The van der Waals surface area contributed by atoms with Crippen LogP contribution in [0.25, 0.3) is 0 Å². The third-order valence-corrected chi connectivity index (χ3v) is 4.11. The number of benzene rings is 1. The van der Waals surface area contributed by atoms with E-state index in [1.807, 2.05) is 0 Å². The second-order valence-corrected chi connectivity index (χ2v) is 5.79. The number of rotatable bonds is 7. The lowest BCUT2D eigenvalue weighted by Gasteiger charge is -2.36. The summed E-state index contributed by atoms with van der Waals surface area (Å²) in [6.07, 6.45) is 8.11. The van der Waals surface area contributed by atoms with Gasteiger partial charge < -0.3 is 5.32 Å². The van der Waals surface area contributed by atoms with Crippen molar-refractivity contribution in [1.82, 2.24) is 5.32 Å². The summed E-state index contributed by atoms with van der Waals surface area (Å²) in [5.41, 5.74) is 2.93. The molecule has 0 radical (unpaired) electrons. The highest BCUT2D eigenvalue weighted by molar-refractivity contribution is 5.27. The summed E-state index contributed by atoms with van der Waals surface area (Å²) in [5, 5.41) is 3.69. The molecule has 0 aromatic heterocycles. The molecule has 0 spiro atoms. The molecule has 0 saturated heterocycles. The van der Waals surface area contributed by atoms with Gasteiger partial charge in [-0.25, -0.2) is 0 Å². The van der Waals surface area contributed by atoms with Gasteiger partial charge in [0.1, 0.15) is 0 Å². The van der Waals surface area contributed by atoms with E-state index in [4.69, 9.17) is 0 Å². The third kappa shape index (κ3) is 3.84. The first-order valence-electron chi connectivity index (χ1n) is 7.59. The second-order valence-electron chi connectivity index (χ2n) is 5.79. The molecule has 0 unspecified atom stereocenters. The quantitative estimate of drug-likeness (QED) is 0.702. The molecular weight excluding hydrogens is 218 g/mol. The Kier molecular flexibility index (Phi) is 5.25. The molecule has 0 amide bonds. The first-order valence-corrected chi connectivity index (χ1v) is 7.59. The smallest absolute Gasteiger partial charge is 0.00787 e. The minimum absolute atomic E-state index is 0.775. The Morgan fingerprint density at radius 2 is 2.00 bits per heavy atom. The van der Waals surface area contributed by atoms with Crippen LogP contribution < -0.4 is 5.32 Å². The summed E-state index contributed by atoms with van der Waals surface area (Å²) in [7, 11) is 0. The molecule has 1 heteroatoms. The third-order valence-electron chi connectivity index (χ3n) is 4.11. The maximum atomic E-state index is 3.69. The predicted molar refractivity (Wildman–Crippen MR) is 79.1 cm³/mol. The fourth-order valence-corrected chi connectivity index (χ4v) is 2.84. The van der Waals surface area contributed by atoms with Gasteiger partial charge in [-0.3, -0.25) is 0 Å². The molecule has 1 saturated carbocycles. The molecule has 1 aromatic rings. The van der Waals surface area contributed by atoms with E-state index < -0.39 is 0 Å². The number of nitrogens with one attached hydrogen (secondary N) is 1. The SMILES string of the molecule is CCCCCCNC1CC(c2cccc(C)c2)C1. The number of hydrogen-bond donors (Lipinski definition) is 1. The van der Waals surface area contributed by atoms with Crippen LogP contribution in [0.1, 0.15) is 62.5 Å². The summed E-state index contributed by atoms with van der Waals surface area (Å²) in [5.74, 6) is 0.804. The Bertz CT molecular complexity index is 352. The van der Waals surface area contributed by atoms with Crippen molar-refractivity contribution in [1.29, 1.82) is 0 Å². The highest BCUT2D eigenvalue weighted by atomic mass is 14.9. The van der Waals surface area contributed by atoms with Gasteiger partial charge >= 0.3 is 0 Å². The average Bonchev–Trinajstić information content (AvgIpc) is 2.31. The van der Waals surface area contributed by atoms with Crippen LogP contribution in [0.3, 0.4) is 0 Å². The predicted octanol–water partition coefficient (Wildman–Crippen LogP) is 4.41. The van der Waals surface area contributed by atoms with E-state index in [-0.39, 0.29) is 0 Å². The molecule has 0 heterocycles. The van der Waals surface area contributed by atoms with Gasteiger partial charge in [0, 0.05) is 6.04 Å². The highest BCUT2D eigenvalue weighted by Gasteiger charge is 2.29. The molecule has 18 heavy (non-hydrogen) atoms. The normalized spacial score (nSPS) is 22.8. The van der Waals surface area contributed by atoms with Gasteiger partial charge in [0.05, 0.1) is 0 Å². The topological polar surface area (TPSA) is 12.0 Å². The first-order chi connectivity index (χ1) is 8.79. The minimum atomic E-state index is 0.775. The summed E-state index contributed by atoms with van der Waals surface area (Å²) in [6.45, 7) is 5.67. The van der Waals surface area contributed by atoms with E-state index in [0.29, 0.717) is 0 Å². The molecule has 0 aliphatic heterocycles. The number of aryl methyl sites for hydroxylation is 1. The maximum absolute atomic E-state index is 3.69. The van der Waals surface area contributed by atoms with Crippen LogP contribution in [0, 0.1) is 6.92 Å². The van der Waals surface area contributed by atoms with Gasteiger partial charge in [-0.2, -0.15) is 0 Å². The molecule has 1 N–H and O–H groups in total. The molecule has 1 nitrogen and oxygen atoms in total. The second kappa shape index (κ2) is 6.94. The molecule has 1 fully saturated rings. The largest absolute Gasteiger partial charge is 0.314 e. The van der Waals surface area contributed by atoms with Crippen molar-refractivity contribution >= 4 is 0 Å². The van der Waals surface area contributed by atoms with Crippen molar-refractivity contribution in [3.63, 3.8) is 0 Å². The number of hydrogen-bond acceptors (Lipinski definition) is 1. The molecule has 1 aliphatic carbocycles. The van der Waals surface area contributed by atoms with E-state index in [1.165, 1.54) is 50.6 Å². The molecule has 0 atom stereocenters. The van der Waals surface area contributed by atoms with E-state index in [0.717, 1.165) is 12.0 Å². The van der Waals surface area contributed by atoms with E-state index in [2.05, 4.69) is 43.4 Å². The Hall–Kier alpha value is -0.820. The molecule has 100 valence electrons. The fourth-order valence-electron chi connectivity index (χ4n) is 2.84. The van der Waals surface area contributed by atoms with Crippen molar-refractivity contribution in [3.05, 3.63) is 35.4 Å². The zero-order chi connectivity index (χ0) is 12.8. The lowest BCUT2D eigenvalue weighted by molar-refractivity contribution is 0.289. The monoisotopic (exact) mass is 245 g/mol. The summed E-state index contributed by atoms with van der Waals surface area (Å²) in [6, 6.07) is 9.79. The lowest BCUT2D eigenvalue weighted by atomic mass is 9.75. The van der Waals surface area contributed by atoms with E-state index in [9.17, 15) is 0 Å². The molecule has 1 aliphatic rings. The van der Waals surface area contributed by atoms with Crippen molar-refractivity contribution in [3.8, 4) is 0 Å². The Morgan fingerprint density at radius 3 is 2.72 bits per heavy atom. The lowest BCUT2D eigenvalue weighted by Crippen LogP contribution is -2.40. The summed E-state index contributed by atoms with van der Waals surface area (Å²) in [4.78, 5) is 0. The van der Waals surface area contributed by atoms with Crippen molar-refractivity contribution in [2.45, 2.75) is 64.3 Å². The minimum Gasteiger partial charge on any atom is -0.314 e. The van der Waals surface area contributed by atoms with Gasteiger partial charge in [-0.15, -0.1) is 0 Å². The van der Waals surface area contributed by atoms with Crippen LogP contribution in [-0.4, -0.2) is 12.6 Å². The Morgan fingerprint density at radius 1 is 1.17 bits per heavy atom. The zero-order valence-corrected chi connectivity index (χ0v) is 11.9. The molecule has 2 rings (SSSR count). The van der Waals surface area contributed by atoms with Crippen LogP contribution in [0.5, 0.6) is 0 Å². The van der Waals surface area contributed by atoms with Gasteiger partial charge in [0.15, 0.2) is 0 Å². The molecule has 1 aromatic carbocycles. The molecule has 0 bridgehead atoms. The first kappa shape index (κ1) is 13.6. The summed E-state index contributed by atoms with van der Waals surface area (Å²) >= 11 is 0. The van der Waals surface area contributed by atoms with E-state index in [1.54, 1.807) is 5.56 Å². The van der Waals surface area contributed by atoms with Crippen molar-refractivity contribution < 1.29 is 0 Å². The van der Waals surface area contributed by atoms with Crippen molar-refractivity contribution in [2.24, 2.45) is 0 Å². The standard InChI is InChI=1S/C17H27N/c1-3-4-5-6-10-18-17-12-16(13-17)15-9-7-8-14(2)11-15/h7-9,11,16-18H,3-6,10,12-13H2,1-2H3. The van der Waals surface area contributed by atoms with Crippen LogP contribution in [-0.2, 0) is 0 Å². The van der Waals surface area contributed by atoms with Crippen molar-refractivity contribution in [2.75, 3.05) is 6.54 Å². The Labute approximate surface area is 112 Å². The van der Waals surface area contributed by atoms with Crippen LogP contribution in [0.4, 0.5) is 0 Å². The molecular formula is C17H27N. The van der Waals surface area contributed by atoms with Crippen LogP contribution in [0.15, 0.2) is 24.3 Å². The van der Waals surface area contributed by atoms with Gasteiger partial charge in [-0.05, 0) is 44.2 Å². The van der Waals surface area contributed by atoms with Gasteiger partial charge in [0.2, 0.25) is 0 Å². The van der Waals surface area contributed by atoms with Crippen LogP contribution >= 0.6 is 0 Å². The fraction of sp³-hybridized carbons (Fsp3) is 0.647. The van der Waals surface area contributed by atoms with Gasteiger partial charge in [-0.1, -0.05) is 56.0 Å². The average molecular weight is 245 g/mol.